The van der Waals surface area contributed by atoms with Crippen molar-refractivity contribution < 1.29 is 25.2 Å². The molecule has 0 spiro atoms. The molecule has 5 heteroatoms. The van der Waals surface area contributed by atoms with Gasteiger partial charge >= 0.3 is 0 Å². The van der Waals surface area contributed by atoms with Crippen LogP contribution in [0.25, 0.3) is 0 Å². The Labute approximate surface area is 165 Å². The Morgan fingerprint density at radius 1 is 1.04 bits per heavy atom. The SMILES string of the molecule is COc1ccc([C@H](O)CC(=C=CC[C@@H](O)c2cc(C)c(O)c(C)c2)CO)cc1. The summed E-state index contributed by atoms with van der Waals surface area (Å²) in [4.78, 5) is 0. The fourth-order valence-electron chi connectivity index (χ4n) is 2.98. The van der Waals surface area contributed by atoms with Gasteiger partial charge in [-0.1, -0.05) is 12.1 Å². The number of aryl methyl sites for hydroxylation is 2. The summed E-state index contributed by atoms with van der Waals surface area (Å²) in [5, 5.41) is 40.1. The largest absolute Gasteiger partial charge is 0.507 e. The minimum absolute atomic E-state index is 0.225. The van der Waals surface area contributed by atoms with Crippen molar-refractivity contribution >= 4 is 0 Å². The highest BCUT2D eigenvalue weighted by Gasteiger charge is 2.12. The Hall–Kier alpha value is -2.56. The van der Waals surface area contributed by atoms with E-state index in [1.165, 1.54) is 0 Å². The molecule has 0 saturated heterocycles. The lowest BCUT2D eigenvalue weighted by atomic mass is 9.99. The van der Waals surface area contributed by atoms with E-state index in [4.69, 9.17) is 4.74 Å². The van der Waals surface area contributed by atoms with Crippen LogP contribution in [0, 0.1) is 13.8 Å². The van der Waals surface area contributed by atoms with Gasteiger partial charge in [0.2, 0.25) is 0 Å². The molecule has 0 amide bonds. The van der Waals surface area contributed by atoms with Gasteiger partial charge in [-0.05, 0) is 72.0 Å². The van der Waals surface area contributed by atoms with E-state index in [1.54, 1.807) is 63.4 Å². The number of phenols is 1. The number of methoxy groups -OCH3 is 1. The minimum Gasteiger partial charge on any atom is -0.507 e. The molecule has 0 aromatic heterocycles. The maximum Gasteiger partial charge on any atom is 0.121 e. The molecule has 4 N–H and O–H groups in total. The topological polar surface area (TPSA) is 90.2 Å². The molecule has 0 saturated carbocycles. The van der Waals surface area contributed by atoms with Gasteiger partial charge in [-0.25, -0.2) is 0 Å². The Balaban J connectivity index is 2.05. The van der Waals surface area contributed by atoms with Crippen LogP contribution in [0.4, 0.5) is 0 Å². The van der Waals surface area contributed by atoms with Gasteiger partial charge in [0.15, 0.2) is 0 Å². The van der Waals surface area contributed by atoms with Crippen molar-refractivity contribution in [1.82, 2.24) is 0 Å². The number of hydrogen-bond donors (Lipinski definition) is 4. The van der Waals surface area contributed by atoms with Gasteiger partial charge in [-0.2, -0.15) is 0 Å². The number of hydrogen-bond acceptors (Lipinski definition) is 5. The van der Waals surface area contributed by atoms with Crippen LogP contribution in [0.1, 0.15) is 47.3 Å². The van der Waals surface area contributed by atoms with E-state index < -0.39 is 12.2 Å². The number of benzene rings is 2. The molecule has 0 unspecified atom stereocenters. The molecule has 5 nitrogen and oxygen atoms in total. The second-order valence-electron chi connectivity index (χ2n) is 6.86. The average molecular weight is 384 g/mol. The van der Waals surface area contributed by atoms with E-state index in [1.807, 2.05) is 0 Å². The van der Waals surface area contributed by atoms with Crippen LogP contribution < -0.4 is 4.74 Å². The normalized spacial score (nSPS) is 12.8. The number of aliphatic hydroxyl groups excluding tert-OH is 3. The van der Waals surface area contributed by atoms with Crippen molar-refractivity contribution in [3.8, 4) is 11.5 Å². The fourth-order valence-corrected chi connectivity index (χ4v) is 2.98. The third-order valence-electron chi connectivity index (χ3n) is 4.68. The molecule has 2 aromatic carbocycles. The third kappa shape index (κ3) is 5.72. The lowest BCUT2D eigenvalue weighted by Crippen LogP contribution is -2.02. The summed E-state index contributed by atoms with van der Waals surface area (Å²) in [5.74, 6) is 0.948. The molecule has 28 heavy (non-hydrogen) atoms. The van der Waals surface area contributed by atoms with Crippen molar-refractivity contribution in [3.63, 3.8) is 0 Å². The van der Waals surface area contributed by atoms with Crippen LogP contribution in [-0.2, 0) is 0 Å². The van der Waals surface area contributed by atoms with E-state index in [9.17, 15) is 20.4 Å². The molecule has 150 valence electrons. The fraction of sp³-hybridized carbons (Fsp3) is 0.348. The number of aromatic hydroxyl groups is 1. The van der Waals surface area contributed by atoms with Gasteiger partial charge in [0.1, 0.15) is 11.5 Å². The van der Waals surface area contributed by atoms with Gasteiger partial charge < -0.3 is 25.2 Å². The van der Waals surface area contributed by atoms with E-state index in [0.29, 0.717) is 28.9 Å². The standard InChI is InChI=1S/C23H28O5/c1-15-11-19(12-16(2)23(15)27)21(25)6-4-5-17(14-24)13-22(26)18-7-9-20(28-3)10-8-18/h4,7-12,21-22,24-27H,6,13-14H2,1-3H3/t5?,21-,22-/m1/s1. The molecule has 0 aliphatic rings. The highest BCUT2D eigenvalue weighted by molar-refractivity contribution is 5.42. The van der Waals surface area contributed by atoms with E-state index in [2.05, 4.69) is 5.73 Å². The maximum atomic E-state index is 10.4. The molecular formula is C23H28O5. The zero-order valence-electron chi connectivity index (χ0n) is 16.5. The molecule has 2 atom stereocenters. The summed E-state index contributed by atoms with van der Waals surface area (Å²) in [6, 6.07) is 10.6. The third-order valence-corrected chi connectivity index (χ3v) is 4.68. The second-order valence-corrected chi connectivity index (χ2v) is 6.86. The quantitative estimate of drug-likeness (QED) is 0.522. The number of aliphatic hydroxyl groups is 3. The molecule has 2 rings (SSSR count). The van der Waals surface area contributed by atoms with Gasteiger partial charge in [-0.15, -0.1) is 5.73 Å². The summed E-state index contributed by atoms with van der Waals surface area (Å²) < 4.78 is 5.10. The molecule has 0 heterocycles. The van der Waals surface area contributed by atoms with E-state index in [-0.39, 0.29) is 18.8 Å². The Morgan fingerprint density at radius 2 is 1.64 bits per heavy atom. The first-order valence-electron chi connectivity index (χ1n) is 9.19. The number of phenolic OH excluding ortho intramolecular Hbond substituents is 1. The average Bonchev–Trinajstić information content (AvgIpc) is 2.70. The molecule has 0 bridgehead atoms. The molecule has 0 aliphatic carbocycles. The van der Waals surface area contributed by atoms with Gasteiger partial charge in [0.25, 0.3) is 0 Å². The lowest BCUT2D eigenvalue weighted by Gasteiger charge is -2.13. The highest BCUT2D eigenvalue weighted by atomic mass is 16.5. The minimum atomic E-state index is -0.763. The summed E-state index contributed by atoms with van der Waals surface area (Å²) in [5.41, 5.74) is 6.40. The van der Waals surface area contributed by atoms with Gasteiger partial charge in [0.05, 0.1) is 25.9 Å². The molecule has 0 aliphatic heterocycles. The van der Waals surface area contributed by atoms with Crippen LogP contribution >= 0.6 is 0 Å². The Kier molecular flexibility index (Phi) is 7.85. The van der Waals surface area contributed by atoms with Crippen LogP contribution in [-0.4, -0.2) is 34.1 Å². The second kappa shape index (κ2) is 10.1. The zero-order valence-corrected chi connectivity index (χ0v) is 16.5. The van der Waals surface area contributed by atoms with Crippen molar-refractivity contribution in [3.05, 3.63) is 76.0 Å². The van der Waals surface area contributed by atoms with Crippen molar-refractivity contribution in [2.75, 3.05) is 13.7 Å². The molecule has 0 fully saturated rings. The number of rotatable bonds is 8. The molecular weight excluding hydrogens is 356 g/mol. The highest BCUT2D eigenvalue weighted by Crippen LogP contribution is 2.28. The van der Waals surface area contributed by atoms with Crippen molar-refractivity contribution in [1.29, 1.82) is 0 Å². The summed E-state index contributed by atoms with van der Waals surface area (Å²) in [6.07, 6.45) is 0.714. The Morgan fingerprint density at radius 3 is 2.18 bits per heavy atom. The van der Waals surface area contributed by atoms with Crippen LogP contribution in [0.3, 0.4) is 0 Å². The molecule has 0 radical (unpaired) electrons. The van der Waals surface area contributed by atoms with Gasteiger partial charge in [0, 0.05) is 12.8 Å². The maximum absolute atomic E-state index is 10.4. The first-order valence-corrected chi connectivity index (χ1v) is 9.19. The van der Waals surface area contributed by atoms with Crippen LogP contribution in [0.15, 0.2) is 53.8 Å². The van der Waals surface area contributed by atoms with Crippen molar-refractivity contribution in [2.24, 2.45) is 0 Å². The predicted molar refractivity (Wildman–Crippen MR) is 108 cm³/mol. The smallest absolute Gasteiger partial charge is 0.121 e. The summed E-state index contributed by atoms with van der Waals surface area (Å²) in [7, 11) is 1.58. The predicted octanol–water partition coefficient (Wildman–Crippen LogP) is 3.64. The first kappa shape index (κ1) is 21.7. The first-order chi connectivity index (χ1) is 13.3. The van der Waals surface area contributed by atoms with Crippen LogP contribution in [0.5, 0.6) is 11.5 Å². The monoisotopic (exact) mass is 384 g/mol. The summed E-state index contributed by atoms with van der Waals surface area (Å²) >= 11 is 0. The van der Waals surface area contributed by atoms with Crippen molar-refractivity contribution in [2.45, 2.75) is 38.9 Å². The zero-order chi connectivity index (χ0) is 20.7. The van der Waals surface area contributed by atoms with E-state index in [0.717, 1.165) is 11.1 Å². The van der Waals surface area contributed by atoms with Crippen LogP contribution in [0.2, 0.25) is 0 Å². The summed E-state index contributed by atoms with van der Waals surface area (Å²) in [6.45, 7) is 3.36. The van der Waals surface area contributed by atoms with E-state index >= 15 is 0 Å². The van der Waals surface area contributed by atoms with Gasteiger partial charge in [-0.3, -0.25) is 0 Å². The lowest BCUT2D eigenvalue weighted by molar-refractivity contribution is 0.172. The number of ether oxygens (including phenoxy) is 1. The molecule has 2 aromatic rings. The Bertz CT molecular complexity index is 825.